The number of phosphoric acid groups is 1. The maximum Gasteiger partial charge on any atom is 0.302 e. The zero-order chi connectivity index (χ0) is 22.9. The van der Waals surface area contributed by atoms with Gasteiger partial charge in [0, 0.05) is 13.3 Å². The molecule has 10 nitrogen and oxygen atoms in total. The lowest BCUT2D eigenvalue weighted by Crippen LogP contribution is -2.41. The zero-order valence-electron chi connectivity index (χ0n) is 18.9. The topological polar surface area (TPSA) is 124 Å². The number of carbonyl (C=O) groups is 1. The van der Waals surface area contributed by atoms with Crippen LogP contribution in [-0.4, -0.2) is 87.2 Å². The van der Waals surface area contributed by atoms with Crippen molar-refractivity contribution in [2.45, 2.75) is 77.2 Å². The van der Waals surface area contributed by atoms with E-state index in [1.165, 1.54) is 6.92 Å². The quantitative estimate of drug-likeness (QED) is 0.248. The largest absolute Gasteiger partial charge is 0.756 e. The molecular formula is C19H38NO9P. The van der Waals surface area contributed by atoms with Crippen molar-refractivity contribution in [2.75, 3.05) is 40.9 Å². The van der Waals surface area contributed by atoms with Gasteiger partial charge in [-0.3, -0.25) is 9.36 Å². The van der Waals surface area contributed by atoms with Gasteiger partial charge in [-0.05, 0) is 26.2 Å². The van der Waals surface area contributed by atoms with Crippen LogP contribution in [0, 0.1) is 0 Å². The molecule has 0 aliphatic carbocycles. The molecule has 0 radical (unpaired) electrons. The highest BCUT2D eigenvalue weighted by Crippen LogP contribution is 2.39. The van der Waals surface area contributed by atoms with Crippen molar-refractivity contribution >= 4 is 13.8 Å². The number of rotatable bonds is 13. The van der Waals surface area contributed by atoms with E-state index in [0.717, 1.165) is 0 Å². The van der Waals surface area contributed by atoms with Crippen molar-refractivity contribution < 1.29 is 47.1 Å². The number of hydrogen-bond donors (Lipinski definition) is 1. The van der Waals surface area contributed by atoms with E-state index in [0.29, 0.717) is 36.7 Å². The molecule has 1 saturated heterocycles. The van der Waals surface area contributed by atoms with Crippen LogP contribution in [0.1, 0.15) is 46.5 Å². The van der Waals surface area contributed by atoms with Crippen LogP contribution in [0.5, 0.6) is 0 Å². The van der Waals surface area contributed by atoms with Crippen LogP contribution in [0.4, 0.5) is 0 Å². The van der Waals surface area contributed by atoms with Crippen LogP contribution in [-0.2, 0) is 32.6 Å². The summed E-state index contributed by atoms with van der Waals surface area (Å²) in [5.74, 6) is -0.382. The van der Waals surface area contributed by atoms with Gasteiger partial charge in [-0.15, -0.1) is 0 Å². The third kappa shape index (κ3) is 12.3. The van der Waals surface area contributed by atoms with Crippen LogP contribution in [0.2, 0.25) is 0 Å². The predicted octanol–water partition coefficient (Wildman–Crippen LogP) is 1.20. The second kappa shape index (κ2) is 12.5. The molecule has 0 saturated carbocycles. The Balaban J connectivity index is 2.47. The van der Waals surface area contributed by atoms with Crippen LogP contribution in [0.25, 0.3) is 0 Å². The molecule has 0 aromatic heterocycles. The molecule has 6 atom stereocenters. The Morgan fingerprint density at radius 1 is 1.30 bits per heavy atom. The molecule has 1 rings (SSSR count). The minimum absolute atomic E-state index is 0.0167. The van der Waals surface area contributed by atoms with Crippen LogP contribution >= 0.6 is 7.82 Å². The summed E-state index contributed by atoms with van der Waals surface area (Å²) in [6, 6.07) is 0. The Bertz CT molecular complexity index is 569. The fourth-order valence-corrected chi connectivity index (χ4v) is 3.75. The number of hydrogen-bond acceptors (Lipinski definition) is 9. The minimum Gasteiger partial charge on any atom is -0.756 e. The molecule has 178 valence electrons. The summed E-state index contributed by atoms with van der Waals surface area (Å²) < 4.78 is 38.8. The third-order valence-corrected chi connectivity index (χ3v) is 5.53. The van der Waals surface area contributed by atoms with E-state index in [-0.39, 0.29) is 37.5 Å². The molecule has 0 aromatic rings. The molecular weight excluding hydrogens is 417 g/mol. The van der Waals surface area contributed by atoms with E-state index < -0.39 is 20.2 Å². The lowest BCUT2D eigenvalue weighted by Gasteiger charge is -2.36. The Morgan fingerprint density at radius 2 is 1.97 bits per heavy atom. The number of quaternary nitrogens is 1. The minimum atomic E-state index is -4.47. The van der Waals surface area contributed by atoms with Crippen molar-refractivity contribution in [3.05, 3.63) is 0 Å². The smallest absolute Gasteiger partial charge is 0.302 e. The number of aliphatic hydroxyl groups excluding tert-OH is 1. The highest BCUT2D eigenvalue weighted by atomic mass is 31.2. The molecule has 0 spiro atoms. The molecule has 0 aromatic carbocycles. The maximum absolute atomic E-state index is 11.9. The zero-order valence-corrected chi connectivity index (χ0v) is 19.8. The number of esters is 1. The summed E-state index contributed by atoms with van der Waals surface area (Å²) in [6.45, 7) is 5.26. The molecule has 1 fully saturated rings. The first-order valence-electron chi connectivity index (χ1n) is 10.4. The van der Waals surface area contributed by atoms with Gasteiger partial charge in [0.15, 0.2) is 6.29 Å². The second-order valence-electron chi connectivity index (χ2n) is 8.73. The van der Waals surface area contributed by atoms with Crippen molar-refractivity contribution in [1.82, 2.24) is 0 Å². The van der Waals surface area contributed by atoms with Gasteiger partial charge < -0.3 is 37.7 Å². The van der Waals surface area contributed by atoms with Gasteiger partial charge in [0.2, 0.25) is 0 Å². The number of phosphoric ester groups is 1. The average Bonchev–Trinajstić information content (AvgIpc) is 2.57. The summed E-state index contributed by atoms with van der Waals surface area (Å²) >= 11 is 0. The molecule has 6 unspecified atom stereocenters. The fourth-order valence-electron chi connectivity index (χ4n) is 3.07. The lowest BCUT2D eigenvalue weighted by atomic mass is 10.00. The standard InChI is InChI=1S/C19H38NO9P/c1-7-17(28-15(3)21)11-16(22)12-18-10-14(2)27-19(29-18)13-26-30(23,24)25-9-8-20(4,5)6/h14,16-19,22H,7-13H2,1-6H3. The first-order chi connectivity index (χ1) is 13.8. The van der Waals surface area contributed by atoms with E-state index in [9.17, 15) is 19.4 Å². The number of nitrogens with zero attached hydrogens (tertiary/aromatic N) is 1. The summed E-state index contributed by atoms with van der Waals surface area (Å²) in [4.78, 5) is 23.0. The van der Waals surface area contributed by atoms with Crippen molar-refractivity contribution in [3.8, 4) is 0 Å². The van der Waals surface area contributed by atoms with Gasteiger partial charge in [0.05, 0.1) is 39.5 Å². The summed E-state index contributed by atoms with van der Waals surface area (Å²) in [5.41, 5.74) is 0. The molecule has 0 bridgehead atoms. The van der Waals surface area contributed by atoms with Gasteiger partial charge in [-0.2, -0.15) is 0 Å². The van der Waals surface area contributed by atoms with Crippen LogP contribution < -0.4 is 4.89 Å². The Morgan fingerprint density at radius 3 is 2.53 bits per heavy atom. The molecule has 1 aliphatic rings. The Labute approximate surface area is 179 Å². The average molecular weight is 455 g/mol. The highest BCUT2D eigenvalue weighted by Gasteiger charge is 2.31. The van der Waals surface area contributed by atoms with Gasteiger partial charge in [0.25, 0.3) is 7.82 Å². The first kappa shape index (κ1) is 27.5. The molecule has 1 aliphatic heterocycles. The Hall–Kier alpha value is -0.580. The van der Waals surface area contributed by atoms with E-state index in [2.05, 4.69) is 0 Å². The first-order valence-corrected chi connectivity index (χ1v) is 11.8. The molecule has 1 N–H and O–H groups in total. The van der Waals surface area contributed by atoms with Gasteiger partial charge >= 0.3 is 5.97 Å². The van der Waals surface area contributed by atoms with Crippen molar-refractivity contribution in [3.63, 3.8) is 0 Å². The molecule has 1 heterocycles. The number of likely N-dealkylation sites (N-methyl/N-ethyl adjacent to an activating group) is 1. The highest BCUT2D eigenvalue weighted by molar-refractivity contribution is 7.45. The summed E-state index contributed by atoms with van der Waals surface area (Å²) in [5, 5.41) is 10.4. The summed E-state index contributed by atoms with van der Waals surface area (Å²) in [7, 11) is 1.31. The molecule has 11 heteroatoms. The van der Waals surface area contributed by atoms with Crippen LogP contribution in [0.3, 0.4) is 0 Å². The van der Waals surface area contributed by atoms with E-state index >= 15 is 0 Å². The number of aliphatic hydroxyl groups is 1. The molecule has 30 heavy (non-hydrogen) atoms. The molecule has 0 amide bonds. The van der Waals surface area contributed by atoms with Gasteiger partial charge in [-0.25, -0.2) is 0 Å². The normalized spacial score (nSPS) is 26.6. The number of carbonyl (C=O) groups excluding carboxylic acids is 1. The monoisotopic (exact) mass is 455 g/mol. The van der Waals surface area contributed by atoms with Crippen LogP contribution in [0.15, 0.2) is 0 Å². The summed E-state index contributed by atoms with van der Waals surface area (Å²) in [6.07, 6.45) is -0.718. The van der Waals surface area contributed by atoms with E-state index in [4.69, 9.17) is 23.3 Å². The SMILES string of the molecule is CCC(CC(O)CC1CC(C)OC(COP(=O)([O-])OCC[N+](C)(C)C)O1)OC(C)=O. The number of ether oxygens (including phenoxy) is 3. The van der Waals surface area contributed by atoms with Crippen molar-refractivity contribution in [1.29, 1.82) is 0 Å². The Kier molecular flexibility index (Phi) is 11.4. The maximum atomic E-state index is 11.9. The second-order valence-corrected chi connectivity index (χ2v) is 10.1. The predicted molar refractivity (Wildman–Crippen MR) is 107 cm³/mol. The fraction of sp³-hybridized carbons (Fsp3) is 0.947. The lowest BCUT2D eigenvalue weighted by molar-refractivity contribution is -0.870. The third-order valence-electron chi connectivity index (χ3n) is 4.56. The van der Waals surface area contributed by atoms with E-state index in [1.54, 1.807) is 0 Å². The van der Waals surface area contributed by atoms with Gasteiger partial charge in [0.1, 0.15) is 25.9 Å². The van der Waals surface area contributed by atoms with E-state index in [1.807, 2.05) is 35.0 Å². The van der Waals surface area contributed by atoms with Crippen molar-refractivity contribution in [2.24, 2.45) is 0 Å². The van der Waals surface area contributed by atoms with Gasteiger partial charge in [-0.1, -0.05) is 6.92 Å².